The normalized spacial score (nSPS) is 14.9. The van der Waals surface area contributed by atoms with Gasteiger partial charge in [-0.1, -0.05) is 0 Å². The van der Waals surface area contributed by atoms with Crippen molar-refractivity contribution in [2.24, 2.45) is 0 Å². The summed E-state index contributed by atoms with van der Waals surface area (Å²) in [6.07, 6.45) is -5.62. The van der Waals surface area contributed by atoms with Gasteiger partial charge in [0.25, 0.3) is 5.91 Å². The van der Waals surface area contributed by atoms with Crippen molar-refractivity contribution in [3.8, 4) is 0 Å². The number of alkyl halides is 3. The van der Waals surface area contributed by atoms with Crippen LogP contribution in [-0.2, 0) is 33.4 Å². The van der Waals surface area contributed by atoms with Crippen LogP contribution >= 0.6 is 0 Å². The summed E-state index contributed by atoms with van der Waals surface area (Å²) in [5.74, 6) is -6.82. The van der Waals surface area contributed by atoms with Crippen molar-refractivity contribution < 1.29 is 46.6 Å². The molecule has 1 N–H and O–H groups in total. The number of carbonyl (C=O) groups is 4. The standard InChI is InChI=1S/C12H16F3NO7/c1-5-22-8(18)6(2)16-9(19)11(10(20)21-4,12(13,14)15)23-7(3)17/h6H,5H2,1-4H3,(H,16,19). The number of halogens is 3. The molecule has 8 nitrogen and oxygen atoms in total. The van der Waals surface area contributed by atoms with E-state index in [9.17, 15) is 32.3 Å². The number of hydrogen-bond donors (Lipinski definition) is 1. The van der Waals surface area contributed by atoms with E-state index < -0.39 is 41.6 Å². The smallest absolute Gasteiger partial charge is 0.449 e. The first-order chi connectivity index (χ1) is 10.4. The molecule has 0 saturated carbocycles. The molecule has 0 aliphatic rings. The summed E-state index contributed by atoms with van der Waals surface area (Å²) >= 11 is 0. The maximum absolute atomic E-state index is 13.3. The number of methoxy groups -OCH3 is 1. The third kappa shape index (κ3) is 4.57. The molecule has 2 unspecified atom stereocenters. The number of hydrogen-bond acceptors (Lipinski definition) is 7. The Morgan fingerprint density at radius 1 is 1.17 bits per heavy atom. The molecular formula is C12H16F3NO7. The van der Waals surface area contributed by atoms with Gasteiger partial charge in [0.15, 0.2) is 0 Å². The second-order valence-corrected chi connectivity index (χ2v) is 4.21. The lowest BCUT2D eigenvalue weighted by Gasteiger charge is -2.31. The molecule has 0 bridgehead atoms. The van der Waals surface area contributed by atoms with Crippen LogP contribution in [0, 0.1) is 0 Å². The Morgan fingerprint density at radius 3 is 2.04 bits per heavy atom. The first-order valence-electron chi connectivity index (χ1n) is 6.26. The molecule has 0 aromatic rings. The van der Waals surface area contributed by atoms with Gasteiger partial charge in [-0.2, -0.15) is 13.2 Å². The molecule has 132 valence electrons. The van der Waals surface area contributed by atoms with Crippen LogP contribution in [0.3, 0.4) is 0 Å². The summed E-state index contributed by atoms with van der Waals surface area (Å²) in [7, 11) is 0.578. The zero-order valence-electron chi connectivity index (χ0n) is 12.8. The fraction of sp³-hybridized carbons (Fsp3) is 0.667. The highest BCUT2D eigenvalue weighted by molar-refractivity contribution is 6.09. The summed E-state index contributed by atoms with van der Waals surface area (Å²) in [6.45, 7) is 2.97. The van der Waals surface area contributed by atoms with Crippen LogP contribution in [0.25, 0.3) is 0 Å². The number of carbonyl (C=O) groups excluding carboxylic acids is 4. The van der Waals surface area contributed by atoms with E-state index in [0.717, 1.165) is 6.92 Å². The van der Waals surface area contributed by atoms with E-state index in [1.165, 1.54) is 6.92 Å². The van der Waals surface area contributed by atoms with Crippen molar-refractivity contribution in [1.82, 2.24) is 5.32 Å². The van der Waals surface area contributed by atoms with Crippen LogP contribution in [0.15, 0.2) is 0 Å². The molecular weight excluding hydrogens is 327 g/mol. The molecule has 0 aromatic carbocycles. The van der Waals surface area contributed by atoms with Crippen molar-refractivity contribution in [3.63, 3.8) is 0 Å². The third-order valence-corrected chi connectivity index (χ3v) is 2.48. The summed E-state index contributed by atoms with van der Waals surface area (Å²) < 4.78 is 52.2. The second kappa shape index (κ2) is 7.79. The summed E-state index contributed by atoms with van der Waals surface area (Å²) in [5.41, 5.74) is -4.23. The highest BCUT2D eigenvalue weighted by atomic mass is 19.4. The van der Waals surface area contributed by atoms with Gasteiger partial charge in [0.2, 0.25) is 0 Å². The number of rotatable bonds is 6. The Balaban J connectivity index is 5.75. The SMILES string of the molecule is CCOC(=O)C(C)NC(=O)C(OC(C)=O)(C(=O)OC)C(F)(F)F. The van der Waals surface area contributed by atoms with E-state index in [-0.39, 0.29) is 6.61 Å². The Labute approximate surface area is 129 Å². The predicted octanol–water partition coefficient (Wildman–Crippen LogP) is 0.0914. The zero-order chi connectivity index (χ0) is 18.4. The number of ether oxygens (including phenoxy) is 3. The molecule has 11 heteroatoms. The molecule has 0 spiro atoms. The van der Waals surface area contributed by atoms with E-state index in [4.69, 9.17) is 0 Å². The van der Waals surface area contributed by atoms with Crippen LogP contribution in [0.1, 0.15) is 20.8 Å². The molecule has 0 radical (unpaired) electrons. The van der Waals surface area contributed by atoms with Crippen LogP contribution < -0.4 is 5.32 Å². The van der Waals surface area contributed by atoms with Gasteiger partial charge in [-0.25, -0.2) is 9.59 Å². The Morgan fingerprint density at radius 2 is 1.70 bits per heavy atom. The first-order valence-corrected chi connectivity index (χ1v) is 6.26. The highest BCUT2D eigenvalue weighted by Gasteiger charge is 2.71. The maximum atomic E-state index is 13.3. The summed E-state index contributed by atoms with van der Waals surface area (Å²) in [6, 6.07) is -1.52. The largest absolute Gasteiger partial charge is 0.465 e. The van der Waals surface area contributed by atoms with Crippen molar-refractivity contribution in [2.45, 2.75) is 38.6 Å². The van der Waals surface area contributed by atoms with Gasteiger partial charge in [0.05, 0.1) is 13.7 Å². The van der Waals surface area contributed by atoms with E-state index in [2.05, 4.69) is 14.2 Å². The number of nitrogens with one attached hydrogen (secondary N) is 1. The third-order valence-electron chi connectivity index (χ3n) is 2.48. The van der Waals surface area contributed by atoms with Crippen molar-refractivity contribution in [2.75, 3.05) is 13.7 Å². The van der Waals surface area contributed by atoms with E-state index in [1.807, 2.05) is 0 Å². The van der Waals surface area contributed by atoms with E-state index in [0.29, 0.717) is 14.0 Å². The van der Waals surface area contributed by atoms with Crippen LogP contribution in [0.5, 0.6) is 0 Å². The Bertz CT molecular complexity index is 492. The Hall–Kier alpha value is -2.33. The lowest BCUT2D eigenvalue weighted by Crippen LogP contribution is -2.66. The average Bonchev–Trinajstić information content (AvgIpc) is 2.42. The van der Waals surface area contributed by atoms with Crippen LogP contribution in [0.2, 0.25) is 0 Å². The summed E-state index contributed by atoms with van der Waals surface area (Å²) in [5, 5.41) is 1.62. The second-order valence-electron chi connectivity index (χ2n) is 4.21. The van der Waals surface area contributed by atoms with Crippen LogP contribution in [0.4, 0.5) is 13.2 Å². The van der Waals surface area contributed by atoms with Gasteiger partial charge in [0, 0.05) is 6.92 Å². The van der Waals surface area contributed by atoms with Gasteiger partial charge in [-0.15, -0.1) is 0 Å². The van der Waals surface area contributed by atoms with Gasteiger partial charge in [-0.05, 0) is 13.8 Å². The molecule has 0 aliphatic heterocycles. The molecule has 23 heavy (non-hydrogen) atoms. The molecule has 0 rings (SSSR count). The average molecular weight is 343 g/mol. The fourth-order valence-corrected chi connectivity index (χ4v) is 1.47. The molecule has 0 aromatic heterocycles. The number of esters is 3. The lowest BCUT2D eigenvalue weighted by atomic mass is 10.0. The minimum Gasteiger partial charge on any atom is -0.465 e. The molecule has 0 aliphatic carbocycles. The molecule has 0 heterocycles. The van der Waals surface area contributed by atoms with Crippen molar-refractivity contribution in [3.05, 3.63) is 0 Å². The molecule has 0 saturated heterocycles. The quantitative estimate of drug-likeness (QED) is 0.414. The minimum atomic E-state index is -5.62. The fourth-order valence-electron chi connectivity index (χ4n) is 1.47. The molecule has 0 fully saturated rings. The topological polar surface area (TPSA) is 108 Å². The Kier molecular flexibility index (Phi) is 7.00. The van der Waals surface area contributed by atoms with E-state index >= 15 is 0 Å². The lowest BCUT2D eigenvalue weighted by molar-refractivity contribution is -0.262. The number of amides is 1. The van der Waals surface area contributed by atoms with Gasteiger partial charge in [0.1, 0.15) is 6.04 Å². The minimum absolute atomic E-state index is 0.0790. The van der Waals surface area contributed by atoms with Crippen LogP contribution in [-0.4, -0.2) is 55.4 Å². The molecule has 2 atom stereocenters. The summed E-state index contributed by atoms with van der Waals surface area (Å²) in [4.78, 5) is 45.8. The maximum Gasteiger partial charge on any atom is 0.449 e. The zero-order valence-corrected chi connectivity index (χ0v) is 12.8. The first kappa shape index (κ1) is 20.7. The van der Waals surface area contributed by atoms with Crippen molar-refractivity contribution in [1.29, 1.82) is 0 Å². The highest BCUT2D eigenvalue weighted by Crippen LogP contribution is 2.35. The van der Waals surface area contributed by atoms with E-state index in [1.54, 1.807) is 5.32 Å². The molecule has 1 amide bonds. The van der Waals surface area contributed by atoms with Gasteiger partial charge < -0.3 is 19.5 Å². The predicted molar refractivity (Wildman–Crippen MR) is 66.8 cm³/mol. The van der Waals surface area contributed by atoms with Gasteiger partial charge in [-0.3, -0.25) is 9.59 Å². The van der Waals surface area contributed by atoms with Gasteiger partial charge >= 0.3 is 29.7 Å². The monoisotopic (exact) mass is 343 g/mol. The van der Waals surface area contributed by atoms with Crippen molar-refractivity contribution >= 4 is 23.8 Å².